The molecular weight excluding hydrogens is 562 g/mol. The van der Waals surface area contributed by atoms with Crippen LogP contribution < -0.4 is 4.72 Å². The van der Waals surface area contributed by atoms with E-state index in [2.05, 4.69) is 9.71 Å². The van der Waals surface area contributed by atoms with Crippen LogP contribution in [0.4, 0.5) is 18.9 Å². The summed E-state index contributed by atoms with van der Waals surface area (Å²) < 4.78 is 73.2. The number of pyridine rings is 1. The molecule has 3 aromatic rings. The van der Waals surface area contributed by atoms with E-state index < -0.39 is 60.0 Å². The Labute approximate surface area is 218 Å². The van der Waals surface area contributed by atoms with E-state index in [1.807, 2.05) is 0 Å². The highest BCUT2D eigenvalue weighted by molar-refractivity contribution is 7.89. The number of nitrogens with zero attached hydrogens (tertiary/aromatic N) is 2. The van der Waals surface area contributed by atoms with Crippen molar-refractivity contribution >= 4 is 44.7 Å². The van der Waals surface area contributed by atoms with Crippen molar-refractivity contribution in [1.82, 2.24) is 9.71 Å². The molecule has 0 amide bonds. The highest BCUT2D eigenvalue weighted by Crippen LogP contribution is 2.34. The largest absolute Gasteiger partial charge is 0.416 e. The summed E-state index contributed by atoms with van der Waals surface area (Å²) in [6, 6.07) is 7.10. The number of rotatable bonds is 8. The van der Waals surface area contributed by atoms with E-state index in [0.717, 1.165) is 37.6 Å². The molecule has 1 heterocycles. The van der Waals surface area contributed by atoms with Gasteiger partial charge in [0.05, 0.1) is 20.4 Å². The summed E-state index contributed by atoms with van der Waals surface area (Å²) in [5.41, 5.74) is -2.82. The van der Waals surface area contributed by atoms with Gasteiger partial charge in [0, 0.05) is 30.5 Å². The first kappa shape index (κ1) is 28.5. The minimum absolute atomic E-state index is 0.0346. The quantitative estimate of drug-likeness (QED) is 0.162. The number of nitro benzene ring substituents is 1. The zero-order valence-corrected chi connectivity index (χ0v) is 21.2. The number of nitro groups is 1. The number of ether oxygens (including phenoxy) is 1. The van der Waals surface area contributed by atoms with Crippen LogP contribution in [-0.2, 0) is 20.9 Å². The normalized spacial score (nSPS) is 12.8. The van der Waals surface area contributed by atoms with Gasteiger partial charge in [0.25, 0.3) is 5.69 Å². The number of carbonyl (C=O) groups is 1. The lowest BCUT2D eigenvalue weighted by Gasteiger charge is -2.20. The molecule has 1 N–H and O–H groups in total. The van der Waals surface area contributed by atoms with Crippen LogP contribution in [0.2, 0.25) is 10.0 Å². The maximum absolute atomic E-state index is 13.3. The third kappa shape index (κ3) is 6.08. The molecule has 0 saturated carbocycles. The fourth-order valence-corrected chi connectivity index (χ4v) is 4.94. The second-order valence-corrected chi connectivity index (χ2v) is 10.1. The van der Waals surface area contributed by atoms with Gasteiger partial charge in [-0.05, 0) is 36.8 Å². The summed E-state index contributed by atoms with van der Waals surface area (Å²) in [6.07, 6.45) is -5.38. The fraction of sp³-hybridized carbons (Fsp3) is 0.182. The third-order valence-electron chi connectivity index (χ3n) is 5.12. The number of alkyl halides is 3. The van der Waals surface area contributed by atoms with Crippen molar-refractivity contribution < 1.29 is 36.0 Å². The van der Waals surface area contributed by atoms with E-state index in [4.69, 9.17) is 27.9 Å². The lowest BCUT2D eigenvalue weighted by atomic mass is 10.0. The number of hydrogen-bond donors (Lipinski definition) is 1. The topological polar surface area (TPSA) is 128 Å². The van der Waals surface area contributed by atoms with Gasteiger partial charge in [-0.2, -0.15) is 17.9 Å². The van der Waals surface area contributed by atoms with Crippen LogP contribution in [0.1, 0.15) is 39.0 Å². The summed E-state index contributed by atoms with van der Waals surface area (Å²) in [5.74, 6) is -0.920. The Bertz CT molecular complexity index is 1500. The molecule has 0 aliphatic heterocycles. The fourth-order valence-electron chi connectivity index (χ4n) is 3.33. The number of nitrogens with one attached hydrogen (secondary N) is 1. The SMILES string of the molecule is COC(NS(=O)(=O)c1ccc(C)c(C(F)(F)F)c1)c1cc(Cl)cnc1C(=O)c1cccc([N+](=O)[O-])c1Cl. The second-order valence-electron chi connectivity index (χ2n) is 7.53. The number of aryl methyl sites for hydroxylation is 1. The minimum Gasteiger partial charge on any atom is -0.361 e. The zero-order valence-electron chi connectivity index (χ0n) is 18.8. The van der Waals surface area contributed by atoms with Gasteiger partial charge in [-0.25, -0.2) is 8.42 Å². The number of hydrogen-bond acceptors (Lipinski definition) is 7. The van der Waals surface area contributed by atoms with Crippen molar-refractivity contribution in [3.63, 3.8) is 0 Å². The smallest absolute Gasteiger partial charge is 0.361 e. The first-order chi connectivity index (χ1) is 17.2. The average Bonchev–Trinajstić information content (AvgIpc) is 2.81. The monoisotopic (exact) mass is 577 g/mol. The Balaban J connectivity index is 2.08. The molecule has 1 aromatic heterocycles. The average molecular weight is 578 g/mol. The van der Waals surface area contributed by atoms with E-state index in [-0.39, 0.29) is 21.7 Å². The number of ketones is 1. The molecule has 0 radical (unpaired) electrons. The van der Waals surface area contributed by atoms with Gasteiger partial charge in [-0.15, -0.1) is 0 Å². The van der Waals surface area contributed by atoms with E-state index in [1.54, 1.807) is 0 Å². The van der Waals surface area contributed by atoms with Crippen molar-refractivity contribution in [2.75, 3.05) is 7.11 Å². The van der Waals surface area contributed by atoms with E-state index in [0.29, 0.717) is 6.07 Å². The molecular formula is C22H16Cl2F3N3O6S. The number of methoxy groups -OCH3 is 1. The number of benzene rings is 2. The van der Waals surface area contributed by atoms with Crippen molar-refractivity contribution in [2.24, 2.45) is 0 Å². The first-order valence-electron chi connectivity index (χ1n) is 10.0. The van der Waals surface area contributed by atoms with Gasteiger partial charge in [0.15, 0.2) is 0 Å². The highest BCUT2D eigenvalue weighted by atomic mass is 35.5. The van der Waals surface area contributed by atoms with Gasteiger partial charge in [0.2, 0.25) is 15.8 Å². The van der Waals surface area contributed by atoms with Crippen LogP contribution in [-0.4, -0.2) is 31.2 Å². The van der Waals surface area contributed by atoms with Gasteiger partial charge >= 0.3 is 6.18 Å². The van der Waals surface area contributed by atoms with Crippen molar-refractivity contribution in [2.45, 2.75) is 24.2 Å². The molecule has 9 nitrogen and oxygen atoms in total. The number of halogens is 5. The van der Waals surface area contributed by atoms with Crippen LogP contribution in [0.3, 0.4) is 0 Å². The molecule has 1 atom stereocenters. The van der Waals surface area contributed by atoms with Crippen LogP contribution in [0.5, 0.6) is 0 Å². The number of aromatic nitrogens is 1. The summed E-state index contributed by atoms with van der Waals surface area (Å²) in [6.45, 7) is 1.18. The molecule has 0 spiro atoms. The summed E-state index contributed by atoms with van der Waals surface area (Å²) in [5, 5.41) is 10.7. The van der Waals surface area contributed by atoms with Crippen LogP contribution in [0.15, 0.2) is 53.6 Å². The maximum atomic E-state index is 13.3. The van der Waals surface area contributed by atoms with E-state index >= 15 is 0 Å². The molecule has 0 aliphatic rings. The summed E-state index contributed by atoms with van der Waals surface area (Å²) in [4.78, 5) is 26.9. The summed E-state index contributed by atoms with van der Waals surface area (Å²) in [7, 11) is -3.57. The molecule has 196 valence electrons. The molecule has 1 unspecified atom stereocenters. The molecule has 0 saturated heterocycles. The van der Waals surface area contributed by atoms with Crippen molar-refractivity contribution in [3.8, 4) is 0 Å². The van der Waals surface area contributed by atoms with Gasteiger partial charge in [-0.3, -0.25) is 19.9 Å². The molecule has 0 bridgehead atoms. The predicted molar refractivity (Wildman–Crippen MR) is 127 cm³/mol. The van der Waals surface area contributed by atoms with Gasteiger partial charge < -0.3 is 4.74 Å². The summed E-state index contributed by atoms with van der Waals surface area (Å²) >= 11 is 12.0. The molecule has 37 heavy (non-hydrogen) atoms. The molecule has 0 fully saturated rings. The first-order valence-corrected chi connectivity index (χ1v) is 12.3. The molecule has 2 aromatic carbocycles. The van der Waals surface area contributed by atoms with Crippen LogP contribution in [0.25, 0.3) is 0 Å². The highest BCUT2D eigenvalue weighted by Gasteiger charge is 2.35. The second kappa shape index (κ2) is 10.7. The molecule has 0 aliphatic carbocycles. The van der Waals surface area contributed by atoms with Crippen molar-refractivity contribution in [1.29, 1.82) is 0 Å². The zero-order chi connectivity index (χ0) is 27.7. The predicted octanol–water partition coefficient (Wildman–Crippen LogP) is 5.48. The van der Waals surface area contributed by atoms with Gasteiger partial charge in [-0.1, -0.05) is 35.3 Å². The Kier molecular flexibility index (Phi) is 8.24. The number of sulfonamides is 1. The minimum atomic E-state index is -4.80. The maximum Gasteiger partial charge on any atom is 0.416 e. The third-order valence-corrected chi connectivity index (χ3v) is 7.13. The Morgan fingerprint density at radius 2 is 1.86 bits per heavy atom. The Morgan fingerprint density at radius 1 is 1.19 bits per heavy atom. The van der Waals surface area contributed by atoms with Crippen molar-refractivity contribution in [3.05, 3.63) is 96.8 Å². The molecule has 3 rings (SSSR count). The van der Waals surface area contributed by atoms with E-state index in [9.17, 15) is 36.5 Å². The Hall–Kier alpha value is -3.10. The van der Waals surface area contributed by atoms with Crippen LogP contribution in [0, 0.1) is 17.0 Å². The lowest BCUT2D eigenvalue weighted by molar-refractivity contribution is -0.384. The van der Waals surface area contributed by atoms with Gasteiger partial charge in [0.1, 0.15) is 16.9 Å². The standard InChI is InChI=1S/C22H16Cl2F3N3O6S/c1-11-6-7-13(9-16(11)22(25,26)27)37(34,35)29-21(36-2)15-8-12(23)10-28-19(15)20(31)14-4-3-5-17(18(14)24)30(32)33/h3-10,21,29H,1-2H3. The molecule has 15 heteroatoms. The number of carbonyl (C=O) groups excluding carboxylic acids is 1. The lowest BCUT2D eigenvalue weighted by Crippen LogP contribution is -2.31. The van der Waals surface area contributed by atoms with Crippen LogP contribution >= 0.6 is 23.2 Å². The van der Waals surface area contributed by atoms with E-state index in [1.165, 1.54) is 19.1 Å². The Morgan fingerprint density at radius 3 is 2.46 bits per heavy atom.